The molecule has 1 rings (SSSR count). The first-order valence-corrected chi connectivity index (χ1v) is 7.58. The Balaban J connectivity index is 2.71. The highest BCUT2D eigenvalue weighted by Gasteiger charge is 2.06. The zero-order valence-corrected chi connectivity index (χ0v) is 11.3. The van der Waals surface area contributed by atoms with E-state index in [1.807, 2.05) is 12.1 Å². The molecule has 0 aromatic heterocycles. The molecule has 0 fully saturated rings. The zero-order valence-electron chi connectivity index (χ0n) is 10.5. The van der Waals surface area contributed by atoms with E-state index in [9.17, 15) is 8.42 Å². The Morgan fingerprint density at radius 2 is 1.76 bits per heavy atom. The fraction of sp³-hybridized carbons (Fsp3) is 0.500. The average molecular weight is 256 g/mol. The van der Waals surface area contributed by atoms with Gasteiger partial charge in [-0.2, -0.15) is 0 Å². The van der Waals surface area contributed by atoms with Gasteiger partial charge in [0.1, 0.15) is 0 Å². The molecule has 0 spiro atoms. The molecular weight excluding hydrogens is 236 g/mol. The first kappa shape index (κ1) is 13.8. The van der Waals surface area contributed by atoms with Gasteiger partial charge in [-0.3, -0.25) is 4.72 Å². The van der Waals surface area contributed by atoms with Crippen LogP contribution in [0.1, 0.15) is 20.3 Å². The maximum Gasteiger partial charge on any atom is 0.229 e. The van der Waals surface area contributed by atoms with Gasteiger partial charge in [-0.1, -0.05) is 26.0 Å². The quantitative estimate of drug-likeness (QED) is 0.822. The van der Waals surface area contributed by atoms with Gasteiger partial charge in [0.2, 0.25) is 10.0 Å². The number of nitrogens with one attached hydrogen (secondary N) is 2. The molecule has 1 aromatic carbocycles. The number of rotatable bonds is 6. The normalized spacial score (nSPS) is 11.5. The summed E-state index contributed by atoms with van der Waals surface area (Å²) in [5, 5.41) is 3.24. The molecule has 0 aliphatic carbocycles. The molecule has 5 heteroatoms. The molecule has 0 aliphatic rings. The highest BCUT2D eigenvalue weighted by Crippen LogP contribution is 2.21. The van der Waals surface area contributed by atoms with E-state index in [1.165, 1.54) is 0 Å². The van der Waals surface area contributed by atoms with E-state index in [2.05, 4.69) is 23.9 Å². The van der Waals surface area contributed by atoms with Crippen molar-refractivity contribution in [2.24, 2.45) is 5.92 Å². The van der Waals surface area contributed by atoms with Crippen molar-refractivity contribution >= 4 is 21.4 Å². The molecule has 1 aromatic rings. The van der Waals surface area contributed by atoms with Gasteiger partial charge in [0.05, 0.1) is 17.6 Å². The van der Waals surface area contributed by atoms with Crippen LogP contribution in [0.2, 0.25) is 0 Å². The molecule has 96 valence electrons. The molecule has 0 radical (unpaired) electrons. The van der Waals surface area contributed by atoms with E-state index in [0.717, 1.165) is 24.9 Å². The molecular formula is C12H20N2O2S. The van der Waals surface area contributed by atoms with Gasteiger partial charge in [-0.15, -0.1) is 0 Å². The Hall–Kier alpha value is -1.23. The highest BCUT2D eigenvalue weighted by atomic mass is 32.2. The summed E-state index contributed by atoms with van der Waals surface area (Å²) in [5.41, 5.74) is 1.41. The summed E-state index contributed by atoms with van der Waals surface area (Å²) in [6, 6.07) is 7.30. The van der Waals surface area contributed by atoms with Crippen LogP contribution in [0, 0.1) is 5.92 Å². The largest absolute Gasteiger partial charge is 0.383 e. The van der Waals surface area contributed by atoms with Crippen molar-refractivity contribution in [1.82, 2.24) is 0 Å². The summed E-state index contributed by atoms with van der Waals surface area (Å²) in [5.74, 6) is 0.623. The summed E-state index contributed by atoms with van der Waals surface area (Å²) in [6.45, 7) is 5.14. The molecule has 0 amide bonds. The molecule has 2 N–H and O–H groups in total. The summed E-state index contributed by atoms with van der Waals surface area (Å²) < 4.78 is 24.9. The van der Waals surface area contributed by atoms with Crippen LogP contribution in [0.5, 0.6) is 0 Å². The number of sulfonamides is 1. The van der Waals surface area contributed by atoms with Gasteiger partial charge in [0.15, 0.2) is 0 Å². The Morgan fingerprint density at radius 1 is 1.18 bits per heavy atom. The van der Waals surface area contributed by atoms with Crippen molar-refractivity contribution < 1.29 is 8.42 Å². The molecule has 0 bridgehead atoms. The molecule has 0 saturated heterocycles. The van der Waals surface area contributed by atoms with Crippen molar-refractivity contribution in [2.75, 3.05) is 22.8 Å². The fourth-order valence-electron chi connectivity index (χ4n) is 1.42. The number of benzene rings is 1. The van der Waals surface area contributed by atoms with Crippen molar-refractivity contribution in [3.63, 3.8) is 0 Å². The van der Waals surface area contributed by atoms with Crippen LogP contribution in [-0.4, -0.2) is 21.2 Å². The van der Waals surface area contributed by atoms with E-state index in [-0.39, 0.29) is 0 Å². The molecule has 0 unspecified atom stereocenters. The number of para-hydroxylation sites is 2. The second-order valence-corrected chi connectivity index (χ2v) is 6.28. The number of anilines is 2. The van der Waals surface area contributed by atoms with Crippen molar-refractivity contribution in [3.05, 3.63) is 24.3 Å². The van der Waals surface area contributed by atoms with E-state index < -0.39 is 10.0 Å². The second kappa shape index (κ2) is 5.91. The highest BCUT2D eigenvalue weighted by molar-refractivity contribution is 7.92. The van der Waals surface area contributed by atoms with Crippen LogP contribution in [0.4, 0.5) is 11.4 Å². The third kappa shape index (κ3) is 5.58. The average Bonchev–Trinajstić information content (AvgIpc) is 2.17. The Kier molecular flexibility index (Phi) is 4.81. The van der Waals surface area contributed by atoms with Crippen molar-refractivity contribution in [2.45, 2.75) is 20.3 Å². The smallest absolute Gasteiger partial charge is 0.229 e. The van der Waals surface area contributed by atoms with Gasteiger partial charge in [-0.05, 0) is 24.5 Å². The minimum Gasteiger partial charge on any atom is -0.383 e. The molecule has 0 saturated carbocycles. The molecule has 0 heterocycles. The first-order chi connectivity index (χ1) is 7.88. The Morgan fingerprint density at radius 3 is 2.29 bits per heavy atom. The van der Waals surface area contributed by atoms with E-state index in [1.54, 1.807) is 12.1 Å². The lowest BCUT2D eigenvalue weighted by Crippen LogP contribution is -2.12. The van der Waals surface area contributed by atoms with Crippen molar-refractivity contribution in [3.8, 4) is 0 Å². The minimum absolute atomic E-state index is 0.596. The van der Waals surface area contributed by atoms with E-state index in [4.69, 9.17) is 0 Å². The summed E-state index contributed by atoms with van der Waals surface area (Å²) >= 11 is 0. The first-order valence-electron chi connectivity index (χ1n) is 5.69. The monoisotopic (exact) mass is 256 g/mol. The van der Waals surface area contributed by atoms with Gasteiger partial charge in [0.25, 0.3) is 0 Å². The van der Waals surface area contributed by atoms with E-state index >= 15 is 0 Å². The number of hydrogen-bond acceptors (Lipinski definition) is 3. The van der Waals surface area contributed by atoms with Crippen molar-refractivity contribution in [1.29, 1.82) is 0 Å². The molecule has 4 nitrogen and oxygen atoms in total. The van der Waals surface area contributed by atoms with Gasteiger partial charge >= 0.3 is 0 Å². The second-order valence-electron chi connectivity index (χ2n) is 4.53. The lowest BCUT2D eigenvalue weighted by Gasteiger charge is -2.13. The van der Waals surface area contributed by atoms with Gasteiger partial charge < -0.3 is 5.32 Å². The van der Waals surface area contributed by atoms with Gasteiger partial charge in [-0.25, -0.2) is 8.42 Å². The number of hydrogen-bond donors (Lipinski definition) is 2. The van der Waals surface area contributed by atoms with E-state index in [0.29, 0.717) is 11.6 Å². The standard InChI is InChI=1S/C12H20N2O2S/c1-10(2)8-9-13-11-6-4-5-7-12(11)14-17(3,15)16/h4-7,10,13-14H,8-9H2,1-3H3. The lowest BCUT2D eigenvalue weighted by atomic mass is 10.1. The summed E-state index contributed by atoms with van der Waals surface area (Å²) in [4.78, 5) is 0. The summed E-state index contributed by atoms with van der Waals surface area (Å²) in [6.07, 6.45) is 2.20. The van der Waals surface area contributed by atoms with Crippen LogP contribution in [-0.2, 0) is 10.0 Å². The predicted molar refractivity (Wildman–Crippen MR) is 72.9 cm³/mol. The maximum absolute atomic E-state index is 11.2. The zero-order chi connectivity index (χ0) is 12.9. The third-order valence-electron chi connectivity index (χ3n) is 2.26. The van der Waals surface area contributed by atoms with Crippen LogP contribution in [0.3, 0.4) is 0 Å². The van der Waals surface area contributed by atoms with Crippen LogP contribution in [0.15, 0.2) is 24.3 Å². The third-order valence-corrected chi connectivity index (χ3v) is 2.85. The topological polar surface area (TPSA) is 58.2 Å². The molecule has 0 atom stereocenters. The predicted octanol–water partition coefficient (Wildman–Crippen LogP) is 2.52. The van der Waals surface area contributed by atoms with Crippen LogP contribution in [0.25, 0.3) is 0 Å². The lowest BCUT2D eigenvalue weighted by molar-refractivity contribution is 0.605. The van der Waals surface area contributed by atoms with Gasteiger partial charge in [0, 0.05) is 6.54 Å². The van der Waals surface area contributed by atoms with Crippen LogP contribution < -0.4 is 10.0 Å². The SMILES string of the molecule is CC(C)CCNc1ccccc1NS(C)(=O)=O. The van der Waals surface area contributed by atoms with Crippen LogP contribution >= 0.6 is 0 Å². The Labute approximate surface area is 103 Å². The Bertz CT molecular complexity index is 455. The maximum atomic E-state index is 11.2. The molecule has 0 aliphatic heterocycles. The minimum atomic E-state index is -3.23. The fourth-order valence-corrected chi connectivity index (χ4v) is 2.00. The molecule has 17 heavy (non-hydrogen) atoms. The summed E-state index contributed by atoms with van der Waals surface area (Å²) in [7, 11) is -3.23.